The third-order valence-electron chi connectivity index (χ3n) is 3.24. The van der Waals surface area contributed by atoms with Gasteiger partial charge in [0, 0.05) is 18.0 Å². The maximum atomic E-state index is 5.93. The second-order valence-electron chi connectivity index (χ2n) is 4.73. The summed E-state index contributed by atoms with van der Waals surface area (Å²) in [5.74, 6) is 0.824. The van der Waals surface area contributed by atoms with Gasteiger partial charge in [-0.2, -0.15) is 0 Å². The quantitative estimate of drug-likeness (QED) is 0.783. The molecule has 1 aliphatic rings. The number of nitrogens with zero attached hydrogens (tertiary/aromatic N) is 2. The standard InChI is InChI=1S/C15H22ClN3O/c1-3-17-11-5-6-14-18-15(19(4-2)20-14)12-7-9-13(16)10-8-12/h7-10,15,17H,3-6,11H2,1-2H3/t15-/m0/s1. The van der Waals surface area contributed by atoms with Gasteiger partial charge in [-0.05, 0) is 44.1 Å². The van der Waals surface area contributed by atoms with E-state index in [1.54, 1.807) is 0 Å². The summed E-state index contributed by atoms with van der Waals surface area (Å²) >= 11 is 5.93. The van der Waals surface area contributed by atoms with Gasteiger partial charge in [-0.3, -0.25) is 0 Å². The van der Waals surface area contributed by atoms with Gasteiger partial charge < -0.3 is 10.2 Å². The van der Waals surface area contributed by atoms with E-state index >= 15 is 0 Å². The van der Waals surface area contributed by atoms with Crippen LogP contribution in [0.25, 0.3) is 0 Å². The summed E-state index contributed by atoms with van der Waals surface area (Å²) in [5, 5.41) is 5.96. The molecule has 5 heteroatoms. The van der Waals surface area contributed by atoms with E-state index in [0.717, 1.165) is 49.0 Å². The van der Waals surface area contributed by atoms with Crippen molar-refractivity contribution in [2.75, 3.05) is 19.6 Å². The highest BCUT2D eigenvalue weighted by atomic mass is 35.5. The lowest BCUT2D eigenvalue weighted by Gasteiger charge is -2.19. The van der Waals surface area contributed by atoms with Crippen molar-refractivity contribution < 1.29 is 4.84 Å². The van der Waals surface area contributed by atoms with Gasteiger partial charge in [0.25, 0.3) is 0 Å². The maximum absolute atomic E-state index is 5.93. The van der Waals surface area contributed by atoms with Crippen LogP contribution in [0.2, 0.25) is 5.02 Å². The van der Waals surface area contributed by atoms with Crippen molar-refractivity contribution in [1.29, 1.82) is 0 Å². The van der Waals surface area contributed by atoms with Gasteiger partial charge in [-0.25, -0.2) is 4.99 Å². The predicted octanol–water partition coefficient (Wildman–Crippen LogP) is 3.39. The summed E-state index contributed by atoms with van der Waals surface area (Å²) in [6.07, 6.45) is 1.86. The Morgan fingerprint density at radius 3 is 2.70 bits per heavy atom. The molecule has 0 spiro atoms. The molecule has 0 fully saturated rings. The van der Waals surface area contributed by atoms with Crippen LogP contribution < -0.4 is 5.32 Å². The average molecular weight is 296 g/mol. The van der Waals surface area contributed by atoms with Crippen LogP contribution in [0.1, 0.15) is 38.4 Å². The van der Waals surface area contributed by atoms with E-state index < -0.39 is 0 Å². The van der Waals surface area contributed by atoms with Gasteiger partial charge in [0.15, 0.2) is 6.17 Å². The molecular formula is C15H22ClN3O. The minimum Gasteiger partial charge on any atom is -0.388 e. The van der Waals surface area contributed by atoms with E-state index in [0.29, 0.717) is 0 Å². The molecule has 0 radical (unpaired) electrons. The molecule has 0 unspecified atom stereocenters. The Morgan fingerprint density at radius 1 is 1.30 bits per heavy atom. The van der Waals surface area contributed by atoms with Crippen LogP contribution in [0.5, 0.6) is 0 Å². The molecule has 1 aliphatic heterocycles. The number of hydroxylamine groups is 2. The molecule has 0 aromatic heterocycles. The van der Waals surface area contributed by atoms with E-state index in [9.17, 15) is 0 Å². The maximum Gasteiger partial charge on any atom is 0.211 e. The van der Waals surface area contributed by atoms with Crippen molar-refractivity contribution in [2.45, 2.75) is 32.9 Å². The Morgan fingerprint density at radius 2 is 2.05 bits per heavy atom. The molecule has 2 rings (SSSR count). The minimum absolute atomic E-state index is 0.0496. The Bertz CT molecular complexity index is 447. The molecule has 20 heavy (non-hydrogen) atoms. The fourth-order valence-electron chi connectivity index (χ4n) is 2.17. The molecule has 1 aromatic carbocycles. The first-order chi connectivity index (χ1) is 9.74. The number of hydrogen-bond acceptors (Lipinski definition) is 4. The smallest absolute Gasteiger partial charge is 0.211 e. The molecule has 4 nitrogen and oxygen atoms in total. The van der Waals surface area contributed by atoms with Crippen LogP contribution in [0, 0.1) is 0 Å². The Labute approximate surface area is 125 Å². The second-order valence-corrected chi connectivity index (χ2v) is 5.17. The van der Waals surface area contributed by atoms with Crippen LogP contribution in [0.15, 0.2) is 29.3 Å². The summed E-state index contributed by atoms with van der Waals surface area (Å²) in [4.78, 5) is 10.5. The van der Waals surface area contributed by atoms with E-state index in [1.165, 1.54) is 0 Å². The zero-order chi connectivity index (χ0) is 14.4. The van der Waals surface area contributed by atoms with Gasteiger partial charge in [0.2, 0.25) is 5.90 Å². The highest BCUT2D eigenvalue weighted by Gasteiger charge is 2.28. The number of aliphatic imine (C=N–C) groups is 1. The van der Waals surface area contributed by atoms with E-state index in [4.69, 9.17) is 16.4 Å². The molecule has 0 saturated carbocycles. The monoisotopic (exact) mass is 295 g/mol. The summed E-state index contributed by atoms with van der Waals surface area (Å²) in [5.41, 5.74) is 1.11. The average Bonchev–Trinajstić information content (AvgIpc) is 2.88. The molecule has 0 amide bonds. The minimum atomic E-state index is -0.0496. The number of nitrogens with one attached hydrogen (secondary N) is 1. The van der Waals surface area contributed by atoms with Gasteiger partial charge >= 0.3 is 0 Å². The van der Waals surface area contributed by atoms with E-state index in [2.05, 4.69) is 24.2 Å². The number of benzene rings is 1. The highest BCUT2D eigenvalue weighted by molar-refractivity contribution is 6.30. The van der Waals surface area contributed by atoms with Crippen LogP contribution in [0.4, 0.5) is 0 Å². The molecule has 1 atom stereocenters. The van der Waals surface area contributed by atoms with Gasteiger partial charge in [0.05, 0.1) is 0 Å². The third-order valence-corrected chi connectivity index (χ3v) is 3.49. The molecule has 0 aliphatic carbocycles. The van der Waals surface area contributed by atoms with Crippen molar-refractivity contribution in [1.82, 2.24) is 10.4 Å². The van der Waals surface area contributed by atoms with Crippen molar-refractivity contribution in [3.05, 3.63) is 34.9 Å². The van der Waals surface area contributed by atoms with Crippen molar-refractivity contribution in [3.8, 4) is 0 Å². The van der Waals surface area contributed by atoms with E-state index in [-0.39, 0.29) is 6.17 Å². The van der Waals surface area contributed by atoms with Crippen LogP contribution >= 0.6 is 11.6 Å². The van der Waals surface area contributed by atoms with Crippen molar-refractivity contribution >= 4 is 17.5 Å². The largest absolute Gasteiger partial charge is 0.388 e. The topological polar surface area (TPSA) is 36.9 Å². The Hall–Kier alpha value is -1.10. The van der Waals surface area contributed by atoms with Crippen molar-refractivity contribution in [3.63, 3.8) is 0 Å². The summed E-state index contributed by atoms with van der Waals surface area (Å²) in [7, 11) is 0. The number of halogens is 1. The first kappa shape index (κ1) is 15.3. The number of hydrogen-bond donors (Lipinski definition) is 1. The van der Waals surface area contributed by atoms with Crippen LogP contribution in [-0.2, 0) is 4.84 Å². The molecule has 1 heterocycles. The lowest BCUT2D eigenvalue weighted by Crippen LogP contribution is -2.24. The SMILES string of the molecule is CCNCCCC1=N[C@H](c2ccc(Cl)cc2)N(CC)O1. The third kappa shape index (κ3) is 3.95. The zero-order valence-corrected chi connectivity index (χ0v) is 12.9. The molecule has 0 saturated heterocycles. The van der Waals surface area contributed by atoms with Gasteiger partial charge in [-0.1, -0.05) is 30.7 Å². The zero-order valence-electron chi connectivity index (χ0n) is 12.1. The predicted molar refractivity (Wildman–Crippen MR) is 82.9 cm³/mol. The normalized spacial score (nSPS) is 18.9. The second kappa shape index (κ2) is 7.62. The van der Waals surface area contributed by atoms with E-state index in [1.807, 2.05) is 29.3 Å². The lowest BCUT2D eigenvalue weighted by molar-refractivity contribution is -0.0816. The summed E-state index contributed by atoms with van der Waals surface area (Å²) in [6.45, 7) is 6.98. The van der Waals surface area contributed by atoms with Gasteiger partial charge in [-0.15, -0.1) is 5.06 Å². The highest BCUT2D eigenvalue weighted by Crippen LogP contribution is 2.29. The molecular weight excluding hydrogens is 274 g/mol. The van der Waals surface area contributed by atoms with Crippen LogP contribution in [0.3, 0.4) is 0 Å². The van der Waals surface area contributed by atoms with Gasteiger partial charge in [0.1, 0.15) is 0 Å². The molecule has 1 N–H and O–H groups in total. The van der Waals surface area contributed by atoms with Crippen molar-refractivity contribution in [2.24, 2.45) is 4.99 Å². The Balaban J connectivity index is 1.99. The first-order valence-electron chi connectivity index (χ1n) is 7.22. The summed E-state index contributed by atoms with van der Waals surface area (Å²) < 4.78 is 0. The number of rotatable bonds is 7. The molecule has 1 aromatic rings. The summed E-state index contributed by atoms with van der Waals surface area (Å²) in [6, 6.07) is 7.79. The first-order valence-corrected chi connectivity index (χ1v) is 7.59. The molecule has 0 bridgehead atoms. The molecule has 110 valence electrons. The van der Waals surface area contributed by atoms with Crippen LogP contribution in [-0.4, -0.2) is 30.6 Å². The Kier molecular flexibility index (Phi) is 5.83. The fraction of sp³-hybridized carbons (Fsp3) is 0.533. The lowest BCUT2D eigenvalue weighted by atomic mass is 10.2. The fourth-order valence-corrected chi connectivity index (χ4v) is 2.30.